The van der Waals surface area contributed by atoms with Crippen LogP contribution in [0.2, 0.25) is 0 Å². The van der Waals surface area contributed by atoms with Gasteiger partial charge in [0, 0.05) is 0 Å². The molecule has 0 heterocycles. The summed E-state index contributed by atoms with van der Waals surface area (Å²) in [6.07, 6.45) is 15.0. The highest BCUT2D eigenvalue weighted by atomic mass is 16.7. The maximum Gasteiger partial charge on any atom is 0.505 e. The van der Waals surface area contributed by atoms with Crippen molar-refractivity contribution >= 4 is 12.3 Å². The highest BCUT2D eigenvalue weighted by Crippen LogP contribution is 2.08. The summed E-state index contributed by atoms with van der Waals surface area (Å²) in [7, 11) is 0. The first-order valence-electron chi connectivity index (χ1n) is 8.99. The van der Waals surface area contributed by atoms with Crippen molar-refractivity contribution in [3.05, 3.63) is 12.2 Å². The standard InChI is InChI=1S/C18H32O6/c19-17(20)23-15-13-11-9-7-5-3-1-2-4-6-8-10-12-14-16-24-18(21)22/h1-2H,3-16H2,(H,19,20)(H,21,22). The van der Waals surface area contributed by atoms with Crippen LogP contribution in [-0.2, 0) is 9.47 Å². The smallest absolute Gasteiger partial charge is 0.450 e. The van der Waals surface area contributed by atoms with Crippen LogP contribution in [-0.4, -0.2) is 35.7 Å². The summed E-state index contributed by atoms with van der Waals surface area (Å²) >= 11 is 0. The minimum atomic E-state index is -1.19. The van der Waals surface area contributed by atoms with Gasteiger partial charge in [0.15, 0.2) is 0 Å². The Kier molecular flexibility index (Phi) is 16.4. The molecule has 0 aromatic rings. The first kappa shape index (κ1) is 22.3. The summed E-state index contributed by atoms with van der Waals surface area (Å²) in [6.45, 7) is 0.615. The molecule has 0 bridgehead atoms. The molecule has 0 saturated carbocycles. The number of carbonyl (C=O) groups is 2. The number of hydrogen-bond donors (Lipinski definition) is 2. The van der Waals surface area contributed by atoms with Crippen LogP contribution < -0.4 is 0 Å². The van der Waals surface area contributed by atoms with Crippen molar-refractivity contribution in [1.82, 2.24) is 0 Å². The molecule has 0 amide bonds. The third-order valence-electron chi connectivity index (χ3n) is 3.65. The number of unbranched alkanes of at least 4 members (excludes halogenated alkanes) is 10. The van der Waals surface area contributed by atoms with Crippen LogP contribution in [0.4, 0.5) is 9.59 Å². The number of rotatable bonds is 16. The number of hydrogen-bond acceptors (Lipinski definition) is 4. The van der Waals surface area contributed by atoms with Crippen molar-refractivity contribution in [3.8, 4) is 0 Å². The molecule has 0 aromatic carbocycles. The summed E-state index contributed by atoms with van der Waals surface area (Å²) in [6, 6.07) is 0. The maximum atomic E-state index is 10.1. The van der Waals surface area contributed by atoms with Gasteiger partial charge < -0.3 is 19.7 Å². The van der Waals surface area contributed by atoms with Gasteiger partial charge in [0.2, 0.25) is 0 Å². The molecule has 6 nitrogen and oxygen atoms in total. The van der Waals surface area contributed by atoms with E-state index in [2.05, 4.69) is 21.6 Å². The molecule has 6 heteroatoms. The van der Waals surface area contributed by atoms with Crippen LogP contribution in [0.1, 0.15) is 77.0 Å². The number of carboxylic acid groups (broad SMARTS) is 2. The van der Waals surface area contributed by atoms with Gasteiger partial charge in [-0.2, -0.15) is 0 Å². The fraction of sp³-hybridized carbons (Fsp3) is 0.778. The second kappa shape index (κ2) is 17.6. The monoisotopic (exact) mass is 344 g/mol. The fourth-order valence-electron chi connectivity index (χ4n) is 2.34. The average Bonchev–Trinajstić information content (AvgIpc) is 2.53. The predicted molar refractivity (Wildman–Crippen MR) is 92.5 cm³/mol. The minimum absolute atomic E-state index is 0.307. The van der Waals surface area contributed by atoms with E-state index in [1.54, 1.807) is 0 Å². The third-order valence-corrected chi connectivity index (χ3v) is 3.65. The predicted octanol–water partition coefficient (Wildman–Crippen LogP) is 5.61. The summed E-state index contributed by atoms with van der Waals surface area (Å²) < 4.78 is 8.89. The van der Waals surface area contributed by atoms with Gasteiger partial charge in [-0.05, 0) is 38.5 Å². The molecule has 0 unspecified atom stereocenters. The van der Waals surface area contributed by atoms with E-state index in [-0.39, 0.29) is 0 Å². The molecule has 0 saturated heterocycles. The molecule has 0 atom stereocenters. The van der Waals surface area contributed by atoms with Crippen LogP contribution in [0, 0.1) is 0 Å². The molecule has 0 spiro atoms. The Bertz CT molecular complexity index is 308. The second-order valence-corrected chi connectivity index (χ2v) is 5.81. The molecule has 0 aliphatic heterocycles. The van der Waals surface area contributed by atoms with Crippen molar-refractivity contribution in [1.29, 1.82) is 0 Å². The average molecular weight is 344 g/mol. The third kappa shape index (κ3) is 20.3. The van der Waals surface area contributed by atoms with Gasteiger partial charge in [0.05, 0.1) is 13.2 Å². The molecule has 0 rings (SSSR count). The quantitative estimate of drug-likeness (QED) is 0.215. The van der Waals surface area contributed by atoms with Gasteiger partial charge in [-0.1, -0.05) is 50.7 Å². The zero-order chi connectivity index (χ0) is 17.9. The molecule has 0 fully saturated rings. The lowest BCUT2D eigenvalue weighted by Crippen LogP contribution is -2.01. The van der Waals surface area contributed by atoms with Gasteiger partial charge in [-0.3, -0.25) is 0 Å². The number of ether oxygens (including phenoxy) is 2. The first-order valence-corrected chi connectivity index (χ1v) is 8.99. The molecule has 0 aliphatic rings. The highest BCUT2D eigenvalue weighted by Gasteiger charge is 1.96. The lowest BCUT2D eigenvalue weighted by Gasteiger charge is -2.01. The maximum absolute atomic E-state index is 10.1. The van der Waals surface area contributed by atoms with E-state index in [0.29, 0.717) is 13.2 Å². The molecular weight excluding hydrogens is 312 g/mol. The van der Waals surface area contributed by atoms with Crippen molar-refractivity contribution in [3.63, 3.8) is 0 Å². The molecule has 0 aromatic heterocycles. The van der Waals surface area contributed by atoms with Crippen LogP contribution in [0.25, 0.3) is 0 Å². The summed E-state index contributed by atoms with van der Waals surface area (Å²) in [4.78, 5) is 20.3. The Morgan fingerprint density at radius 1 is 0.583 bits per heavy atom. The Morgan fingerprint density at radius 3 is 1.29 bits per heavy atom. The lowest BCUT2D eigenvalue weighted by atomic mass is 10.1. The Labute approximate surface area is 144 Å². The van der Waals surface area contributed by atoms with Gasteiger partial charge in [0.25, 0.3) is 0 Å². The Balaban J connectivity index is 3.11. The Morgan fingerprint density at radius 2 is 0.917 bits per heavy atom. The first-order chi connectivity index (χ1) is 11.6. The van der Waals surface area contributed by atoms with E-state index >= 15 is 0 Å². The molecule has 0 radical (unpaired) electrons. The van der Waals surface area contributed by atoms with E-state index in [0.717, 1.165) is 51.4 Å². The zero-order valence-electron chi connectivity index (χ0n) is 14.6. The van der Waals surface area contributed by atoms with Gasteiger partial charge in [-0.25, -0.2) is 9.59 Å². The van der Waals surface area contributed by atoms with E-state index in [4.69, 9.17) is 10.2 Å². The fourth-order valence-corrected chi connectivity index (χ4v) is 2.34. The van der Waals surface area contributed by atoms with E-state index < -0.39 is 12.3 Å². The molecule has 0 aliphatic carbocycles. The van der Waals surface area contributed by atoms with Gasteiger partial charge >= 0.3 is 12.3 Å². The van der Waals surface area contributed by atoms with Crippen LogP contribution in [0.5, 0.6) is 0 Å². The summed E-state index contributed by atoms with van der Waals surface area (Å²) in [5.41, 5.74) is 0. The minimum Gasteiger partial charge on any atom is -0.450 e. The lowest BCUT2D eigenvalue weighted by molar-refractivity contribution is 0.0887. The summed E-state index contributed by atoms with van der Waals surface area (Å²) in [5.74, 6) is 0. The van der Waals surface area contributed by atoms with E-state index in [1.165, 1.54) is 25.7 Å². The highest BCUT2D eigenvalue weighted by molar-refractivity contribution is 5.56. The number of allylic oxidation sites excluding steroid dienone is 2. The Hall–Kier alpha value is -1.72. The van der Waals surface area contributed by atoms with Crippen LogP contribution >= 0.6 is 0 Å². The van der Waals surface area contributed by atoms with E-state index in [9.17, 15) is 9.59 Å². The topological polar surface area (TPSA) is 93.1 Å². The molecule has 24 heavy (non-hydrogen) atoms. The van der Waals surface area contributed by atoms with Crippen molar-refractivity contribution in [2.45, 2.75) is 77.0 Å². The normalized spacial score (nSPS) is 10.8. The van der Waals surface area contributed by atoms with Crippen LogP contribution in [0.3, 0.4) is 0 Å². The van der Waals surface area contributed by atoms with Crippen LogP contribution in [0.15, 0.2) is 12.2 Å². The molecule has 140 valence electrons. The van der Waals surface area contributed by atoms with Gasteiger partial charge in [-0.15, -0.1) is 0 Å². The zero-order valence-corrected chi connectivity index (χ0v) is 14.6. The molecule has 2 N–H and O–H groups in total. The largest absolute Gasteiger partial charge is 0.505 e. The van der Waals surface area contributed by atoms with E-state index in [1.807, 2.05) is 0 Å². The molecular formula is C18H32O6. The SMILES string of the molecule is O=C(O)OCCCCCCCC=CCCCCCCCOC(=O)O. The summed E-state index contributed by atoms with van der Waals surface area (Å²) in [5, 5.41) is 16.6. The van der Waals surface area contributed by atoms with Gasteiger partial charge in [0.1, 0.15) is 0 Å². The van der Waals surface area contributed by atoms with Crippen molar-refractivity contribution < 1.29 is 29.3 Å². The van der Waals surface area contributed by atoms with Crippen molar-refractivity contribution in [2.24, 2.45) is 0 Å². The second-order valence-electron chi connectivity index (χ2n) is 5.81. The van der Waals surface area contributed by atoms with Crippen molar-refractivity contribution in [2.75, 3.05) is 13.2 Å².